The Kier molecular flexibility index (Phi) is 5.12. The highest BCUT2D eigenvalue weighted by atomic mass is 79.9. The minimum atomic E-state index is -0.470. The fraction of sp³-hybridized carbons (Fsp3) is 0.167. The second-order valence-corrected chi connectivity index (χ2v) is 6.98. The summed E-state index contributed by atoms with van der Waals surface area (Å²) in [6.07, 6.45) is 6.44. The Morgan fingerprint density at radius 1 is 1.24 bits per heavy atom. The van der Waals surface area contributed by atoms with Crippen molar-refractivity contribution in [2.24, 2.45) is 0 Å². The van der Waals surface area contributed by atoms with Crippen LogP contribution in [0.2, 0.25) is 0 Å². The fourth-order valence-electron chi connectivity index (χ4n) is 2.66. The first-order valence-corrected chi connectivity index (χ1v) is 9.53. The van der Waals surface area contributed by atoms with Gasteiger partial charge >= 0.3 is 0 Å². The van der Waals surface area contributed by atoms with E-state index in [0.717, 1.165) is 4.47 Å². The zero-order chi connectivity index (χ0) is 20.4. The zero-order valence-electron chi connectivity index (χ0n) is 15.3. The topological polar surface area (TPSA) is 119 Å². The summed E-state index contributed by atoms with van der Waals surface area (Å²) in [6.45, 7) is 2.64. The van der Waals surface area contributed by atoms with E-state index in [9.17, 15) is 9.59 Å². The second kappa shape index (κ2) is 7.87. The molecule has 0 radical (unpaired) electrons. The van der Waals surface area contributed by atoms with E-state index in [-0.39, 0.29) is 17.9 Å². The molecule has 10 nitrogen and oxygen atoms in total. The van der Waals surface area contributed by atoms with E-state index in [0.29, 0.717) is 23.6 Å². The number of rotatable bonds is 6. The summed E-state index contributed by atoms with van der Waals surface area (Å²) < 4.78 is 9.00. The van der Waals surface area contributed by atoms with Crippen LogP contribution >= 0.6 is 15.9 Å². The van der Waals surface area contributed by atoms with Gasteiger partial charge in [-0.3, -0.25) is 14.3 Å². The van der Waals surface area contributed by atoms with Crippen LogP contribution in [0, 0.1) is 0 Å². The van der Waals surface area contributed by atoms with E-state index in [1.54, 1.807) is 41.5 Å². The van der Waals surface area contributed by atoms with Crippen LogP contribution in [0.3, 0.4) is 0 Å². The van der Waals surface area contributed by atoms with Gasteiger partial charge in [0.1, 0.15) is 5.76 Å². The fourth-order valence-corrected chi connectivity index (χ4v) is 2.95. The monoisotopic (exact) mass is 457 g/mol. The van der Waals surface area contributed by atoms with E-state index in [1.807, 2.05) is 6.92 Å². The molecule has 0 aromatic carbocycles. The lowest BCUT2D eigenvalue weighted by Crippen LogP contribution is -2.25. The quantitative estimate of drug-likeness (QED) is 0.458. The van der Waals surface area contributed by atoms with Crippen molar-refractivity contribution < 1.29 is 14.0 Å². The van der Waals surface area contributed by atoms with Gasteiger partial charge in [-0.15, -0.1) is 0 Å². The van der Waals surface area contributed by atoms with Crippen molar-refractivity contribution >= 4 is 39.1 Å². The number of fused-ring (bicyclic) bond motifs is 1. The van der Waals surface area contributed by atoms with Gasteiger partial charge in [0, 0.05) is 31.2 Å². The standard InChI is InChI=1S/C18H16BrN7O3/c1-2-25-10-14(16(24-25)18(28)21-8-12-4-3-5-29-12)22-17(27)13-6-15-20-7-11(19)9-26(15)23-13/h3-7,9-10H,2,8H2,1H3,(H,21,28)(H,22,27). The van der Waals surface area contributed by atoms with Gasteiger partial charge in [0.05, 0.1) is 23.0 Å². The highest BCUT2D eigenvalue weighted by Gasteiger charge is 2.20. The van der Waals surface area contributed by atoms with Gasteiger partial charge in [-0.25, -0.2) is 9.50 Å². The molecular formula is C18H16BrN7O3. The number of furan rings is 1. The van der Waals surface area contributed by atoms with Crippen molar-refractivity contribution in [2.45, 2.75) is 20.0 Å². The second-order valence-electron chi connectivity index (χ2n) is 6.07. The first-order valence-electron chi connectivity index (χ1n) is 8.74. The largest absolute Gasteiger partial charge is 0.467 e. The van der Waals surface area contributed by atoms with Crippen molar-refractivity contribution in [1.29, 1.82) is 0 Å². The zero-order valence-corrected chi connectivity index (χ0v) is 16.9. The minimum absolute atomic E-state index is 0.108. The third-order valence-corrected chi connectivity index (χ3v) is 4.48. The molecular weight excluding hydrogens is 442 g/mol. The Morgan fingerprint density at radius 2 is 2.10 bits per heavy atom. The third kappa shape index (κ3) is 4.04. The smallest absolute Gasteiger partial charge is 0.276 e. The van der Waals surface area contributed by atoms with Crippen molar-refractivity contribution in [3.8, 4) is 0 Å². The Balaban J connectivity index is 1.54. The highest BCUT2D eigenvalue weighted by molar-refractivity contribution is 9.10. The molecule has 4 rings (SSSR count). The van der Waals surface area contributed by atoms with Gasteiger partial charge in [0.2, 0.25) is 0 Å². The Hall–Kier alpha value is -3.47. The number of hydrogen-bond donors (Lipinski definition) is 2. The summed E-state index contributed by atoms with van der Waals surface area (Å²) in [5.41, 5.74) is 1.09. The molecule has 4 heterocycles. The lowest BCUT2D eigenvalue weighted by molar-refractivity contribution is 0.0943. The van der Waals surface area contributed by atoms with Crippen LogP contribution < -0.4 is 10.6 Å². The normalized spacial score (nSPS) is 11.0. The molecule has 0 fully saturated rings. The molecule has 0 aliphatic carbocycles. The van der Waals surface area contributed by atoms with Crippen LogP contribution in [-0.4, -0.2) is 36.2 Å². The third-order valence-electron chi connectivity index (χ3n) is 4.07. The molecule has 0 saturated carbocycles. The maximum absolute atomic E-state index is 12.7. The molecule has 0 aliphatic rings. The van der Waals surface area contributed by atoms with Crippen LogP contribution in [-0.2, 0) is 13.1 Å². The summed E-state index contributed by atoms with van der Waals surface area (Å²) in [6, 6.07) is 5.05. The van der Waals surface area contributed by atoms with Crippen LogP contribution in [0.15, 0.2) is 51.9 Å². The number of carbonyl (C=O) groups is 2. The molecule has 4 aromatic heterocycles. The van der Waals surface area contributed by atoms with E-state index < -0.39 is 11.8 Å². The summed E-state index contributed by atoms with van der Waals surface area (Å²) in [7, 11) is 0. The number of nitrogens with one attached hydrogen (secondary N) is 2. The summed E-state index contributed by atoms with van der Waals surface area (Å²) in [5.74, 6) is -0.283. The number of hydrogen-bond acceptors (Lipinski definition) is 6. The molecule has 0 bridgehead atoms. The first kappa shape index (κ1) is 18.9. The number of anilines is 1. The lowest BCUT2D eigenvalue weighted by Gasteiger charge is -2.04. The Bertz CT molecular complexity index is 1180. The van der Waals surface area contributed by atoms with Crippen LogP contribution in [0.5, 0.6) is 0 Å². The number of amides is 2. The maximum atomic E-state index is 12.7. The van der Waals surface area contributed by atoms with Crippen LogP contribution in [0.1, 0.15) is 33.7 Å². The number of aryl methyl sites for hydroxylation is 1. The molecule has 29 heavy (non-hydrogen) atoms. The molecule has 2 amide bonds. The summed E-state index contributed by atoms with van der Waals surface area (Å²) >= 11 is 3.31. The van der Waals surface area contributed by atoms with E-state index in [1.165, 1.54) is 10.8 Å². The average molecular weight is 458 g/mol. The van der Waals surface area contributed by atoms with Gasteiger partial charge in [-0.2, -0.15) is 10.2 Å². The number of halogens is 1. The number of carbonyl (C=O) groups excluding carboxylic acids is 2. The van der Waals surface area contributed by atoms with E-state index in [4.69, 9.17) is 4.42 Å². The van der Waals surface area contributed by atoms with Crippen molar-refractivity contribution in [3.05, 3.63) is 64.7 Å². The van der Waals surface area contributed by atoms with Crippen LogP contribution in [0.25, 0.3) is 5.65 Å². The van der Waals surface area contributed by atoms with Crippen molar-refractivity contribution in [1.82, 2.24) is 29.7 Å². The lowest BCUT2D eigenvalue weighted by atomic mass is 10.3. The molecule has 4 aromatic rings. The van der Waals surface area contributed by atoms with Gasteiger partial charge in [0.15, 0.2) is 17.0 Å². The molecule has 0 atom stereocenters. The molecule has 0 spiro atoms. The molecule has 2 N–H and O–H groups in total. The Morgan fingerprint density at radius 3 is 2.86 bits per heavy atom. The molecule has 0 aliphatic heterocycles. The SMILES string of the molecule is CCn1cc(NC(=O)c2cc3ncc(Br)cn3n2)c(C(=O)NCc2ccco2)n1. The highest BCUT2D eigenvalue weighted by Crippen LogP contribution is 2.17. The summed E-state index contributed by atoms with van der Waals surface area (Å²) in [5, 5.41) is 13.9. The molecule has 0 saturated heterocycles. The van der Waals surface area contributed by atoms with Gasteiger partial charge in [0.25, 0.3) is 11.8 Å². The summed E-state index contributed by atoms with van der Waals surface area (Å²) in [4.78, 5) is 29.4. The number of nitrogens with zero attached hydrogens (tertiary/aromatic N) is 5. The van der Waals surface area contributed by atoms with E-state index in [2.05, 4.69) is 41.7 Å². The van der Waals surface area contributed by atoms with Gasteiger partial charge in [-0.1, -0.05) is 0 Å². The first-order chi connectivity index (χ1) is 14.0. The Labute approximate surface area is 173 Å². The maximum Gasteiger partial charge on any atom is 0.276 e. The predicted molar refractivity (Wildman–Crippen MR) is 106 cm³/mol. The predicted octanol–water partition coefficient (Wildman–Crippen LogP) is 2.48. The van der Waals surface area contributed by atoms with Crippen molar-refractivity contribution in [2.75, 3.05) is 5.32 Å². The van der Waals surface area contributed by atoms with E-state index >= 15 is 0 Å². The average Bonchev–Trinajstić information content (AvgIpc) is 3.45. The van der Waals surface area contributed by atoms with Crippen molar-refractivity contribution in [3.63, 3.8) is 0 Å². The van der Waals surface area contributed by atoms with Gasteiger partial charge in [-0.05, 0) is 35.0 Å². The van der Waals surface area contributed by atoms with Gasteiger partial charge < -0.3 is 15.1 Å². The molecule has 11 heteroatoms. The molecule has 148 valence electrons. The van der Waals surface area contributed by atoms with Crippen LogP contribution in [0.4, 0.5) is 5.69 Å². The molecule has 0 unspecified atom stereocenters. The number of aromatic nitrogens is 5. The minimum Gasteiger partial charge on any atom is -0.467 e.